The van der Waals surface area contributed by atoms with Crippen molar-refractivity contribution in [2.45, 2.75) is 109 Å². The number of hydrogen-bond acceptors (Lipinski definition) is 9. The molecule has 0 saturated carbocycles. The van der Waals surface area contributed by atoms with Crippen LogP contribution >= 0.6 is 0 Å². The van der Waals surface area contributed by atoms with Gasteiger partial charge in [-0.2, -0.15) is 0 Å². The van der Waals surface area contributed by atoms with Crippen LogP contribution in [0.1, 0.15) is 97.4 Å². The predicted octanol–water partition coefficient (Wildman–Crippen LogP) is 8.00. The molecule has 1 N–H and O–H groups in total. The molecule has 12 heteroatoms. The monoisotopic (exact) mass is 740 g/mol. The van der Waals surface area contributed by atoms with Crippen molar-refractivity contribution in [2.24, 2.45) is 9.98 Å². The Balaban J connectivity index is 0.959. The summed E-state index contributed by atoms with van der Waals surface area (Å²) in [7, 11) is -0.504. The average Bonchev–Trinajstić information content (AvgIpc) is 3.66. The number of aryl methyl sites for hydroxylation is 1. The molecule has 11 nitrogen and oxygen atoms in total. The topological polar surface area (TPSA) is 130 Å². The van der Waals surface area contributed by atoms with Crippen molar-refractivity contribution in [3.8, 4) is 17.2 Å². The molecule has 282 valence electrons. The molecular weight excluding hydrogens is 689 g/mol. The number of unbranched alkanes of at least 4 members (excludes halogenated alkanes) is 3. The molecule has 0 bridgehead atoms. The maximum Gasteiger partial charge on any atom is 0.260 e. The van der Waals surface area contributed by atoms with Crippen LogP contribution < -0.4 is 14.2 Å². The summed E-state index contributed by atoms with van der Waals surface area (Å²) in [5.74, 6) is 1.79. The molecule has 0 saturated heterocycles. The molecule has 0 spiro atoms. The first-order valence-electron chi connectivity index (χ1n) is 18.9. The van der Waals surface area contributed by atoms with Crippen LogP contribution in [0.3, 0.4) is 0 Å². The van der Waals surface area contributed by atoms with E-state index in [0.717, 1.165) is 61.5 Å². The molecule has 0 radical (unpaired) electrons. The first-order valence-corrected chi connectivity index (χ1v) is 22.0. The van der Waals surface area contributed by atoms with Crippen molar-refractivity contribution in [3.05, 3.63) is 64.5 Å². The fraction of sp³-hybridized carbons (Fsp3) is 0.488. The zero-order valence-corrected chi connectivity index (χ0v) is 32.7. The average molecular weight is 741 g/mol. The summed E-state index contributed by atoms with van der Waals surface area (Å²) < 4.78 is 17.9. The van der Waals surface area contributed by atoms with Crippen molar-refractivity contribution in [3.63, 3.8) is 0 Å². The normalized spacial score (nSPS) is 18.8. The number of benzene rings is 2. The number of ether oxygens (including phenoxy) is 3. The van der Waals surface area contributed by atoms with Crippen molar-refractivity contribution >= 4 is 49.7 Å². The van der Waals surface area contributed by atoms with Gasteiger partial charge in [-0.3, -0.25) is 24.4 Å². The number of nitrogens with zero attached hydrogens (tertiary/aromatic N) is 4. The van der Waals surface area contributed by atoms with Gasteiger partial charge in [-0.15, -0.1) is 0 Å². The Morgan fingerprint density at radius 3 is 2.09 bits per heavy atom. The zero-order valence-electron chi connectivity index (χ0n) is 31.7. The molecule has 0 unspecified atom stereocenters. The molecule has 0 fully saturated rings. The molecule has 2 atom stereocenters. The third kappa shape index (κ3) is 9.34. The standard InChI is InChI=1S/C41H52N4O7Si/c1-27-17-30-23-42-35-21-37(28(2)18-33(35)40(47)44(30)25-27)51-14-8-6-9-15-52-39-22-36-34(20-38(39)50-3)41(48)45-26-29(19-31(45)24-43-36)12-13-32(46)11-7-10-16-53(4,5)49/h18,20-26,30-31,49H,6-17,19H2,1-5H3/t30-,31-/m0/s1. The first-order chi connectivity index (χ1) is 25.4. The maximum atomic E-state index is 13.7. The lowest BCUT2D eigenvalue weighted by Gasteiger charge is -2.19. The van der Waals surface area contributed by atoms with Crippen molar-refractivity contribution in [2.75, 3.05) is 20.3 Å². The Hall–Kier alpha value is -4.55. The lowest BCUT2D eigenvalue weighted by atomic mass is 10.0. The van der Waals surface area contributed by atoms with Gasteiger partial charge in [0.25, 0.3) is 11.8 Å². The van der Waals surface area contributed by atoms with E-state index in [1.54, 1.807) is 29.0 Å². The second kappa shape index (κ2) is 16.6. The highest BCUT2D eigenvalue weighted by atomic mass is 28.4. The number of rotatable bonds is 17. The number of Topliss-reactive ketones (excluding diaryl/α,β-unsaturated/α-hetero) is 1. The third-order valence-corrected chi connectivity index (χ3v) is 11.8. The number of carbonyl (C=O) groups excluding carboxylic acids is 3. The number of amides is 2. The van der Waals surface area contributed by atoms with Gasteiger partial charge in [0.1, 0.15) is 11.5 Å². The summed E-state index contributed by atoms with van der Waals surface area (Å²) in [5.41, 5.74) is 5.38. The number of methoxy groups -OCH3 is 1. The number of aliphatic imine (C=N–C) groups is 2. The van der Waals surface area contributed by atoms with E-state index in [1.165, 1.54) is 5.57 Å². The van der Waals surface area contributed by atoms with E-state index in [0.29, 0.717) is 72.9 Å². The van der Waals surface area contributed by atoms with Crippen LogP contribution in [-0.4, -0.2) is 85.3 Å². The predicted molar refractivity (Wildman–Crippen MR) is 209 cm³/mol. The Kier molecular flexibility index (Phi) is 12.0. The van der Waals surface area contributed by atoms with E-state index < -0.39 is 8.32 Å². The SMILES string of the molecule is COc1cc2c(cc1OCCCCCOc1cc3c(cc1C)C(=O)N1C=C(C)C[C@H]1C=N3)N=C[C@@H]1CC(CCC(=O)CCCC[Si](C)(C)O)=CN1C2=O. The van der Waals surface area contributed by atoms with Gasteiger partial charge < -0.3 is 28.8 Å². The Morgan fingerprint density at radius 1 is 0.792 bits per heavy atom. The molecule has 4 aliphatic rings. The van der Waals surface area contributed by atoms with E-state index in [9.17, 15) is 19.2 Å². The molecule has 53 heavy (non-hydrogen) atoms. The van der Waals surface area contributed by atoms with Gasteiger partial charge >= 0.3 is 0 Å². The largest absolute Gasteiger partial charge is 0.493 e. The molecule has 6 rings (SSSR count). The second-order valence-corrected chi connectivity index (χ2v) is 19.4. The zero-order chi connectivity index (χ0) is 37.7. The number of carbonyl (C=O) groups is 3. The fourth-order valence-electron chi connectivity index (χ4n) is 7.23. The number of fused-ring (bicyclic) bond motifs is 4. The summed E-state index contributed by atoms with van der Waals surface area (Å²) in [4.78, 5) is 62.1. The third-order valence-electron chi connectivity index (χ3n) is 10.2. The van der Waals surface area contributed by atoms with E-state index in [4.69, 9.17) is 14.2 Å². The molecule has 2 amide bonds. The quantitative estimate of drug-likeness (QED) is 0.129. The molecule has 4 heterocycles. The number of hydrogen-bond donors (Lipinski definition) is 1. The summed E-state index contributed by atoms with van der Waals surface area (Å²) >= 11 is 0. The van der Waals surface area contributed by atoms with Crippen molar-refractivity contribution < 1.29 is 33.4 Å². The highest BCUT2D eigenvalue weighted by Gasteiger charge is 2.34. The summed E-state index contributed by atoms with van der Waals surface area (Å²) in [6, 6.07) is 7.81. The van der Waals surface area contributed by atoms with Crippen LogP contribution in [-0.2, 0) is 4.79 Å². The minimum atomic E-state index is -2.06. The summed E-state index contributed by atoms with van der Waals surface area (Å²) in [6.07, 6.45) is 14.7. The molecule has 2 aromatic carbocycles. The van der Waals surface area contributed by atoms with E-state index >= 15 is 0 Å². The van der Waals surface area contributed by atoms with Crippen molar-refractivity contribution in [1.29, 1.82) is 0 Å². The molecule has 0 aromatic heterocycles. The van der Waals surface area contributed by atoms with Crippen LogP contribution in [0.25, 0.3) is 0 Å². The smallest absolute Gasteiger partial charge is 0.260 e. The highest BCUT2D eigenvalue weighted by Crippen LogP contribution is 2.39. The molecular formula is C41H52N4O7Si. The van der Waals surface area contributed by atoms with E-state index in [2.05, 4.69) is 9.98 Å². The van der Waals surface area contributed by atoms with Crippen LogP contribution in [0.2, 0.25) is 19.1 Å². The second-order valence-electron chi connectivity index (χ2n) is 15.3. The van der Waals surface area contributed by atoms with E-state index in [1.807, 2.05) is 63.9 Å². The lowest BCUT2D eigenvalue weighted by Crippen LogP contribution is -2.32. The molecule has 0 aliphatic carbocycles. The van der Waals surface area contributed by atoms with Gasteiger partial charge in [-0.25, -0.2) is 0 Å². The van der Waals surface area contributed by atoms with Crippen molar-refractivity contribution in [1.82, 2.24) is 9.80 Å². The van der Waals surface area contributed by atoms with Gasteiger partial charge in [-0.05, 0) is 95.6 Å². The van der Waals surface area contributed by atoms with Gasteiger partial charge in [-0.1, -0.05) is 17.6 Å². The fourth-order valence-corrected chi connectivity index (χ4v) is 8.35. The summed E-state index contributed by atoms with van der Waals surface area (Å²) in [5, 5.41) is 0. The minimum absolute atomic E-state index is 0.0290. The Labute approximate surface area is 313 Å². The van der Waals surface area contributed by atoms with Crippen LogP contribution in [0.4, 0.5) is 11.4 Å². The van der Waals surface area contributed by atoms with E-state index in [-0.39, 0.29) is 29.7 Å². The lowest BCUT2D eigenvalue weighted by molar-refractivity contribution is -0.119. The first kappa shape index (κ1) is 38.2. The number of ketones is 1. The van der Waals surface area contributed by atoms with Gasteiger partial charge in [0.2, 0.25) is 0 Å². The Bertz CT molecular complexity index is 1860. The summed E-state index contributed by atoms with van der Waals surface area (Å²) in [6.45, 7) is 8.83. The van der Waals surface area contributed by atoms with Gasteiger partial charge in [0, 0.05) is 49.8 Å². The van der Waals surface area contributed by atoms with Crippen LogP contribution in [0.5, 0.6) is 17.2 Å². The molecule has 2 aromatic rings. The van der Waals surface area contributed by atoms with Crippen LogP contribution in [0, 0.1) is 6.92 Å². The molecule has 4 aliphatic heterocycles. The Morgan fingerprint density at radius 2 is 1.42 bits per heavy atom. The highest BCUT2D eigenvalue weighted by molar-refractivity contribution is 6.69. The van der Waals surface area contributed by atoms with Gasteiger partial charge in [0.05, 0.1) is 54.9 Å². The maximum absolute atomic E-state index is 13.7. The van der Waals surface area contributed by atoms with Gasteiger partial charge in [0.15, 0.2) is 19.8 Å². The van der Waals surface area contributed by atoms with Crippen LogP contribution in [0.15, 0.2) is 57.8 Å². The minimum Gasteiger partial charge on any atom is -0.493 e.